The Hall–Kier alpha value is -2.08. The molecule has 0 unspecified atom stereocenters. The van der Waals surface area contributed by atoms with Gasteiger partial charge in [-0.1, -0.05) is 0 Å². The van der Waals surface area contributed by atoms with E-state index in [1.165, 1.54) is 0 Å². The molecule has 0 aromatic rings. The quantitative estimate of drug-likeness (QED) is 0.659. The van der Waals surface area contributed by atoms with Crippen molar-refractivity contribution in [3.05, 3.63) is 0 Å². The summed E-state index contributed by atoms with van der Waals surface area (Å²) in [6.07, 6.45) is -1.22. The van der Waals surface area contributed by atoms with Crippen molar-refractivity contribution in [1.82, 2.24) is 0 Å². The Labute approximate surface area is 86.7 Å². The van der Waals surface area contributed by atoms with Crippen molar-refractivity contribution in [1.29, 1.82) is 10.5 Å². The molecule has 0 aliphatic heterocycles. The third-order valence-electron chi connectivity index (χ3n) is 1.63. The first-order chi connectivity index (χ1) is 6.99. The van der Waals surface area contributed by atoms with E-state index in [2.05, 4.69) is 4.74 Å². The maximum absolute atomic E-state index is 11.0. The van der Waals surface area contributed by atoms with E-state index in [1.54, 1.807) is 19.1 Å². The van der Waals surface area contributed by atoms with E-state index < -0.39 is 30.2 Å². The van der Waals surface area contributed by atoms with Crippen LogP contribution < -0.4 is 0 Å². The Morgan fingerprint density at radius 2 is 1.87 bits per heavy atom. The van der Waals surface area contributed by atoms with Crippen LogP contribution in [0.4, 0.5) is 0 Å². The Bertz CT molecular complexity index is 323. The average Bonchev–Trinajstić information content (AvgIpc) is 2.16. The van der Waals surface area contributed by atoms with E-state index in [0.717, 1.165) is 0 Å². The molecule has 0 aliphatic rings. The molecule has 0 rings (SSSR count). The van der Waals surface area contributed by atoms with Gasteiger partial charge in [-0.05, 0) is 6.92 Å². The fourth-order valence-electron chi connectivity index (χ4n) is 0.962. The van der Waals surface area contributed by atoms with E-state index in [0.29, 0.717) is 0 Å². The predicted molar refractivity (Wildman–Crippen MR) is 47.2 cm³/mol. The van der Waals surface area contributed by atoms with Gasteiger partial charge < -0.3 is 9.84 Å². The normalized spacial score (nSPS) is 9.80. The van der Waals surface area contributed by atoms with Gasteiger partial charge in [-0.3, -0.25) is 9.59 Å². The summed E-state index contributed by atoms with van der Waals surface area (Å²) >= 11 is 0. The lowest BCUT2D eigenvalue weighted by molar-refractivity contribution is -0.145. The van der Waals surface area contributed by atoms with Crippen LogP contribution in [0.5, 0.6) is 0 Å². The number of aliphatic carboxylic acids is 1. The molecule has 1 N–H and O–H groups in total. The Morgan fingerprint density at radius 1 is 1.33 bits per heavy atom. The number of nitrogens with zero attached hydrogens (tertiary/aromatic N) is 2. The fraction of sp³-hybridized carbons (Fsp3) is 0.556. The third kappa shape index (κ3) is 4.10. The van der Waals surface area contributed by atoms with Crippen molar-refractivity contribution in [2.24, 2.45) is 5.41 Å². The molecule has 0 aliphatic carbocycles. The van der Waals surface area contributed by atoms with Crippen molar-refractivity contribution in [2.75, 3.05) is 6.61 Å². The molecule has 0 heterocycles. The molecule has 0 radical (unpaired) electrons. The molecule has 0 aromatic carbocycles. The topological polar surface area (TPSA) is 111 Å². The second-order valence-corrected chi connectivity index (χ2v) is 2.86. The van der Waals surface area contributed by atoms with Crippen LogP contribution >= 0.6 is 0 Å². The van der Waals surface area contributed by atoms with Gasteiger partial charge in [0.1, 0.15) is 0 Å². The Balaban J connectivity index is 4.68. The van der Waals surface area contributed by atoms with Crippen LogP contribution in [0.2, 0.25) is 0 Å². The average molecular weight is 210 g/mol. The van der Waals surface area contributed by atoms with Gasteiger partial charge in [-0.2, -0.15) is 10.5 Å². The number of carbonyl (C=O) groups excluding carboxylic acids is 1. The van der Waals surface area contributed by atoms with Crippen molar-refractivity contribution in [3.8, 4) is 12.1 Å². The van der Waals surface area contributed by atoms with Crippen LogP contribution in [0.25, 0.3) is 0 Å². The number of rotatable bonds is 5. The number of nitriles is 2. The van der Waals surface area contributed by atoms with Gasteiger partial charge in [0.2, 0.25) is 0 Å². The van der Waals surface area contributed by atoms with Crippen molar-refractivity contribution >= 4 is 11.9 Å². The van der Waals surface area contributed by atoms with Gasteiger partial charge in [0, 0.05) is 0 Å². The lowest BCUT2D eigenvalue weighted by atomic mass is 9.84. The zero-order valence-electron chi connectivity index (χ0n) is 8.19. The largest absolute Gasteiger partial charge is 0.481 e. The van der Waals surface area contributed by atoms with Crippen LogP contribution in [0.15, 0.2) is 0 Å². The molecule has 0 amide bonds. The fourth-order valence-corrected chi connectivity index (χ4v) is 0.962. The highest BCUT2D eigenvalue weighted by Gasteiger charge is 2.36. The van der Waals surface area contributed by atoms with Crippen LogP contribution in [0.3, 0.4) is 0 Å². The summed E-state index contributed by atoms with van der Waals surface area (Å²) in [4.78, 5) is 21.5. The summed E-state index contributed by atoms with van der Waals surface area (Å²) in [6.45, 7) is 1.70. The number of esters is 1. The Kier molecular flexibility index (Phi) is 4.83. The maximum Gasteiger partial charge on any atom is 0.308 e. The first-order valence-electron chi connectivity index (χ1n) is 4.19. The molecular formula is C9H10N2O4. The van der Waals surface area contributed by atoms with Crippen LogP contribution in [0.1, 0.15) is 19.8 Å². The molecule has 15 heavy (non-hydrogen) atoms. The molecule has 0 saturated carbocycles. The third-order valence-corrected chi connectivity index (χ3v) is 1.63. The minimum Gasteiger partial charge on any atom is -0.481 e. The van der Waals surface area contributed by atoms with E-state index >= 15 is 0 Å². The molecular weight excluding hydrogens is 200 g/mol. The predicted octanol–water partition coefficient (Wildman–Crippen LogP) is 0.448. The summed E-state index contributed by atoms with van der Waals surface area (Å²) in [5.74, 6) is -2.05. The highest BCUT2D eigenvalue weighted by atomic mass is 16.5. The molecule has 0 saturated heterocycles. The van der Waals surface area contributed by atoms with Gasteiger partial charge >= 0.3 is 11.9 Å². The van der Waals surface area contributed by atoms with Crippen LogP contribution in [0, 0.1) is 28.1 Å². The summed E-state index contributed by atoms with van der Waals surface area (Å²) < 4.78 is 4.55. The molecule has 6 heteroatoms. The van der Waals surface area contributed by atoms with Crippen molar-refractivity contribution in [3.63, 3.8) is 0 Å². The Morgan fingerprint density at radius 3 is 2.20 bits per heavy atom. The molecule has 0 fully saturated rings. The molecule has 80 valence electrons. The zero-order valence-corrected chi connectivity index (χ0v) is 8.19. The highest BCUT2D eigenvalue weighted by molar-refractivity contribution is 5.75. The van der Waals surface area contributed by atoms with E-state index in [-0.39, 0.29) is 6.61 Å². The molecule has 0 aromatic heterocycles. The van der Waals surface area contributed by atoms with Crippen molar-refractivity contribution < 1.29 is 19.4 Å². The summed E-state index contributed by atoms with van der Waals surface area (Å²) in [7, 11) is 0. The smallest absolute Gasteiger partial charge is 0.308 e. The first-order valence-corrected chi connectivity index (χ1v) is 4.19. The lowest BCUT2D eigenvalue weighted by Gasteiger charge is -2.14. The summed E-state index contributed by atoms with van der Waals surface area (Å²) in [6, 6.07) is 3.09. The van der Waals surface area contributed by atoms with Gasteiger partial charge in [-0.15, -0.1) is 0 Å². The first kappa shape index (κ1) is 12.9. The van der Waals surface area contributed by atoms with Gasteiger partial charge in [0.15, 0.2) is 5.41 Å². The van der Waals surface area contributed by atoms with Gasteiger partial charge in [0.25, 0.3) is 0 Å². The zero-order chi connectivity index (χ0) is 11.9. The number of ether oxygens (including phenoxy) is 1. The second-order valence-electron chi connectivity index (χ2n) is 2.86. The van der Waals surface area contributed by atoms with E-state index in [4.69, 9.17) is 15.6 Å². The van der Waals surface area contributed by atoms with E-state index in [1.807, 2.05) is 0 Å². The number of carboxylic acids is 1. The van der Waals surface area contributed by atoms with Crippen LogP contribution in [-0.2, 0) is 14.3 Å². The number of hydrogen-bond acceptors (Lipinski definition) is 5. The molecule has 0 bridgehead atoms. The second kappa shape index (κ2) is 5.61. The van der Waals surface area contributed by atoms with Crippen LogP contribution in [-0.4, -0.2) is 23.7 Å². The van der Waals surface area contributed by atoms with Gasteiger partial charge in [0.05, 0.1) is 31.6 Å². The van der Waals surface area contributed by atoms with Crippen molar-refractivity contribution in [2.45, 2.75) is 19.8 Å². The monoisotopic (exact) mass is 210 g/mol. The molecule has 0 atom stereocenters. The standard InChI is InChI=1S/C9H10N2O4/c1-2-15-8(14)4-9(5-10,6-11)3-7(12)13/h2-4H2,1H3,(H,12,13). The minimum atomic E-state index is -1.84. The van der Waals surface area contributed by atoms with Gasteiger partial charge in [-0.25, -0.2) is 0 Å². The number of carbonyl (C=O) groups is 2. The summed E-state index contributed by atoms with van der Waals surface area (Å²) in [5, 5.41) is 25.9. The number of carboxylic acid groups (broad SMARTS) is 1. The highest BCUT2D eigenvalue weighted by Crippen LogP contribution is 2.25. The minimum absolute atomic E-state index is 0.124. The number of hydrogen-bond donors (Lipinski definition) is 1. The van der Waals surface area contributed by atoms with E-state index in [9.17, 15) is 9.59 Å². The SMILES string of the molecule is CCOC(=O)CC(C#N)(C#N)CC(=O)O. The maximum atomic E-state index is 11.0. The summed E-state index contributed by atoms with van der Waals surface area (Å²) in [5.41, 5.74) is -1.84. The lowest BCUT2D eigenvalue weighted by Crippen LogP contribution is -2.25. The molecule has 6 nitrogen and oxygen atoms in total. The molecule has 0 spiro atoms.